The molecule has 0 unspecified atom stereocenters. The van der Waals surface area contributed by atoms with E-state index >= 15 is 0 Å². The van der Waals surface area contributed by atoms with Crippen molar-refractivity contribution in [1.82, 2.24) is 5.32 Å². The van der Waals surface area contributed by atoms with Gasteiger partial charge in [0.1, 0.15) is 12.3 Å². The van der Waals surface area contributed by atoms with Gasteiger partial charge in [0.15, 0.2) is 0 Å². The van der Waals surface area contributed by atoms with Gasteiger partial charge in [0.2, 0.25) is 11.8 Å². The second kappa shape index (κ2) is 7.08. The molecule has 1 aromatic heterocycles. The van der Waals surface area contributed by atoms with Crippen molar-refractivity contribution >= 4 is 33.4 Å². The summed E-state index contributed by atoms with van der Waals surface area (Å²) in [4.78, 5) is 25.2. The van der Waals surface area contributed by atoms with Crippen LogP contribution in [0.25, 0.3) is 0 Å². The molecule has 1 aromatic carbocycles. The van der Waals surface area contributed by atoms with Crippen molar-refractivity contribution in [3.05, 3.63) is 52.9 Å². The Labute approximate surface area is 131 Å². The molecule has 0 aliphatic rings. The second-order valence-electron chi connectivity index (χ2n) is 4.41. The SMILES string of the molecule is CC(=O)N(CC(=O)NCc1ccco1)c1ccccc1Br. The Kier molecular flexibility index (Phi) is 5.16. The summed E-state index contributed by atoms with van der Waals surface area (Å²) in [6.45, 7) is 1.69. The maximum absolute atomic E-state index is 12.0. The third-order valence-electron chi connectivity index (χ3n) is 2.86. The first-order valence-corrected chi connectivity index (χ1v) is 7.19. The molecule has 110 valence electrons. The van der Waals surface area contributed by atoms with E-state index in [4.69, 9.17) is 4.42 Å². The highest BCUT2D eigenvalue weighted by atomic mass is 79.9. The van der Waals surface area contributed by atoms with Gasteiger partial charge >= 0.3 is 0 Å². The largest absolute Gasteiger partial charge is 0.467 e. The van der Waals surface area contributed by atoms with Crippen LogP contribution >= 0.6 is 15.9 Å². The molecule has 0 aliphatic carbocycles. The molecule has 0 saturated carbocycles. The van der Waals surface area contributed by atoms with E-state index in [1.165, 1.54) is 11.8 Å². The van der Waals surface area contributed by atoms with E-state index in [1.807, 2.05) is 18.2 Å². The predicted molar refractivity (Wildman–Crippen MR) is 82.7 cm³/mol. The van der Waals surface area contributed by atoms with E-state index in [9.17, 15) is 9.59 Å². The van der Waals surface area contributed by atoms with Gasteiger partial charge in [0.05, 0.1) is 18.5 Å². The molecule has 0 aliphatic heterocycles. The number of para-hydroxylation sites is 1. The van der Waals surface area contributed by atoms with Crippen molar-refractivity contribution in [3.63, 3.8) is 0 Å². The smallest absolute Gasteiger partial charge is 0.240 e. The molecule has 2 rings (SSSR count). The van der Waals surface area contributed by atoms with Gasteiger partial charge in [-0.3, -0.25) is 9.59 Å². The predicted octanol–water partition coefficient (Wildman–Crippen LogP) is 2.71. The van der Waals surface area contributed by atoms with E-state index in [-0.39, 0.29) is 18.4 Å². The minimum absolute atomic E-state index is 0.0430. The fourth-order valence-electron chi connectivity index (χ4n) is 1.84. The quantitative estimate of drug-likeness (QED) is 0.901. The van der Waals surface area contributed by atoms with Gasteiger partial charge in [0, 0.05) is 11.4 Å². The summed E-state index contributed by atoms with van der Waals surface area (Å²) < 4.78 is 5.90. The van der Waals surface area contributed by atoms with Crippen molar-refractivity contribution in [1.29, 1.82) is 0 Å². The Bertz CT molecular complexity index is 626. The first kappa shape index (κ1) is 15.3. The summed E-state index contributed by atoms with van der Waals surface area (Å²) in [5, 5.41) is 2.72. The number of rotatable bonds is 5. The van der Waals surface area contributed by atoms with Crippen LogP contribution in [0.5, 0.6) is 0 Å². The Morgan fingerprint density at radius 2 is 2.00 bits per heavy atom. The fourth-order valence-corrected chi connectivity index (χ4v) is 2.33. The summed E-state index contributed by atoms with van der Waals surface area (Å²) >= 11 is 3.39. The molecule has 0 atom stereocenters. The van der Waals surface area contributed by atoms with E-state index in [0.717, 1.165) is 4.47 Å². The number of carbonyl (C=O) groups excluding carboxylic acids is 2. The van der Waals surface area contributed by atoms with Gasteiger partial charge in [-0.2, -0.15) is 0 Å². The molecule has 0 saturated heterocycles. The maximum atomic E-state index is 12.0. The number of benzene rings is 1. The lowest BCUT2D eigenvalue weighted by Gasteiger charge is -2.21. The Balaban J connectivity index is 2.01. The molecule has 0 radical (unpaired) electrons. The molecular weight excluding hydrogens is 336 g/mol. The van der Waals surface area contributed by atoms with Gasteiger partial charge in [-0.05, 0) is 40.2 Å². The highest BCUT2D eigenvalue weighted by Crippen LogP contribution is 2.25. The van der Waals surface area contributed by atoms with Gasteiger partial charge in [-0.15, -0.1) is 0 Å². The van der Waals surface area contributed by atoms with E-state index < -0.39 is 0 Å². The van der Waals surface area contributed by atoms with Crippen molar-refractivity contribution in [2.45, 2.75) is 13.5 Å². The number of carbonyl (C=O) groups is 2. The molecule has 1 N–H and O–H groups in total. The zero-order valence-corrected chi connectivity index (χ0v) is 13.1. The van der Waals surface area contributed by atoms with Gasteiger partial charge in [0.25, 0.3) is 0 Å². The molecule has 0 bridgehead atoms. The average molecular weight is 351 g/mol. The van der Waals surface area contributed by atoms with Crippen LogP contribution in [0.4, 0.5) is 5.69 Å². The maximum Gasteiger partial charge on any atom is 0.240 e. The molecule has 1 heterocycles. The number of anilines is 1. The lowest BCUT2D eigenvalue weighted by atomic mass is 10.2. The molecule has 21 heavy (non-hydrogen) atoms. The van der Waals surface area contributed by atoms with E-state index in [0.29, 0.717) is 18.0 Å². The molecule has 5 nitrogen and oxygen atoms in total. The number of furan rings is 1. The second-order valence-corrected chi connectivity index (χ2v) is 5.27. The van der Waals surface area contributed by atoms with Crippen molar-refractivity contribution in [3.8, 4) is 0 Å². The lowest BCUT2D eigenvalue weighted by Crippen LogP contribution is -2.39. The Hall–Kier alpha value is -2.08. The van der Waals surface area contributed by atoms with Crippen molar-refractivity contribution in [2.24, 2.45) is 0 Å². The molecule has 2 aromatic rings. The summed E-state index contributed by atoms with van der Waals surface area (Å²) in [6, 6.07) is 10.8. The normalized spacial score (nSPS) is 10.2. The number of halogens is 1. The highest BCUT2D eigenvalue weighted by Gasteiger charge is 2.17. The van der Waals surface area contributed by atoms with Crippen LogP contribution in [0.3, 0.4) is 0 Å². The first-order valence-electron chi connectivity index (χ1n) is 6.39. The topological polar surface area (TPSA) is 62.6 Å². The zero-order valence-electron chi connectivity index (χ0n) is 11.5. The first-order chi connectivity index (χ1) is 10.1. The van der Waals surface area contributed by atoms with E-state index in [1.54, 1.807) is 24.5 Å². The molecule has 0 fully saturated rings. The number of amides is 2. The lowest BCUT2D eigenvalue weighted by molar-refractivity contribution is -0.123. The van der Waals surface area contributed by atoms with Crippen LogP contribution in [0.15, 0.2) is 51.6 Å². The number of hydrogen-bond acceptors (Lipinski definition) is 3. The Morgan fingerprint density at radius 1 is 1.24 bits per heavy atom. The number of nitrogens with zero attached hydrogens (tertiary/aromatic N) is 1. The number of nitrogens with one attached hydrogen (secondary N) is 1. The third-order valence-corrected chi connectivity index (χ3v) is 3.54. The third kappa shape index (κ3) is 4.19. The van der Waals surface area contributed by atoms with Gasteiger partial charge < -0.3 is 14.6 Å². The average Bonchev–Trinajstić information content (AvgIpc) is 2.96. The van der Waals surface area contributed by atoms with E-state index in [2.05, 4.69) is 21.2 Å². The fraction of sp³-hybridized carbons (Fsp3) is 0.200. The Morgan fingerprint density at radius 3 is 2.62 bits per heavy atom. The summed E-state index contributed by atoms with van der Waals surface area (Å²) in [5.74, 6) is 0.214. The van der Waals surface area contributed by atoms with Crippen molar-refractivity contribution < 1.29 is 14.0 Å². The standard InChI is InChI=1S/C15H15BrN2O3/c1-11(19)18(14-7-3-2-6-13(14)16)10-15(20)17-9-12-5-4-8-21-12/h2-8H,9-10H2,1H3,(H,17,20). The molecule has 0 spiro atoms. The van der Waals surface area contributed by atoms with Crippen LogP contribution in [-0.2, 0) is 16.1 Å². The molecule has 2 amide bonds. The van der Waals surface area contributed by atoms with Crippen LogP contribution in [0.1, 0.15) is 12.7 Å². The molecule has 6 heteroatoms. The van der Waals surface area contributed by atoms with Crippen LogP contribution in [-0.4, -0.2) is 18.4 Å². The molecular formula is C15H15BrN2O3. The summed E-state index contributed by atoms with van der Waals surface area (Å²) in [7, 11) is 0. The summed E-state index contributed by atoms with van der Waals surface area (Å²) in [6.07, 6.45) is 1.55. The van der Waals surface area contributed by atoms with Crippen molar-refractivity contribution in [2.75, 3.05) is 11.4 Å². The van der Waals surface area contributed by atoms with Gasteiger partial charge in [-0.1, -0.05) is 12.1 Å². The minimum atomic E-state index is -0.252. The van der Waals surface area contributed by atoms with Crippen LogP contribution in [0, 0.1) is 0 Å². The van der Waals surface area contributed by atoms with Gasteiger partial charge in [-0.25, -0.2) is 0 Å². The highest BCUT2D eigenvalue weighted by molar-refractivity contribution is 9.10. The van der Waals surface area contributed by atoms with Crippen LogP contribution < -0.4 is 10.2 Å². The van der Waals surface area contributed by atoms with Crippen LogP contribution in [0.2, 0.25) is 0 Å². The monoisotopic (exact) mass is 350 g/mol. The minimum Gasteiger partial charge on any atom is -0.467 e. The summed E-state index contributed by atoms with van der Waals surface area (Å²) in [5.41, 5.74) is 0.665. The number of hydrogen-bond donors (Lipinski definition) is 1. The zero-order chi connectivity index (χ0) is 15.2.